The number of nitrogens with one attached hydrogen (secondary N) is 1. The molecule has 0 radical (unpaired) electrons. The number of rotatable bonds is 8. The van der Waals surface area contributed by atoms with E-state index < -0.39 is 7.27 Å². The van der Waals surface area contributed by atoms with Crippen molar-refractivity contribution in [3.05, 3.63) is 142 Å². The van der Waals surface area contributed by atoms with Gasteiger partial charge in [-0.2, -0.15) is 0 Å². The summed E-state index contributed by atoms with van der Waals surface area (Å²) in [7, 11) is -0.697. The van der Waals surface area contributed by atoms with Gasteiger partial charge in [0.2, 0.25) is 0 Å². The highest BCUT2D eigenvalue weighted by atomic mass is 35.7. The van der Waals surface area contributed by atoms with Crippen molar-refractivity contribution in [2.24, 2.45) is 0 Å². The van der Waals surface area contributed by atoms with Crippen molar-refractivity contribution in [2.75, 3.05) is 6.54 Å². The zero-order valence-corrected chi connectivity index (χ0v) is 29.8. The third-order valence-corrected chi connectivity index (χ3v) is 16.1. The Morgan fingerprint density at radius 1 is 0.523 bits per heavy atom. The molecule has 2 fully saturated rings. The second-order valence-electron chi connectivity index (χ2n) is 12.9. The van der Waals surface area contributed by atoms with Crippen LogP contribution in [-0.2, 0) is 0 Å². The quantitative estimate of drug-likeness (QED) is 0.149. The largest absolute Gasteiger partial charge is 0.295 e. The SMILES string of the molecule is CCCCNP1[C@H](c2ccc(C)cc2)CC[C@H]1c1ccc(C)cc1.Cc1ccc([C@@H]2CC[C@@H](c3ccc(C)cc3)P2Cl)cc1. The first-order valence-corrected chi connectivity index (χ1v) is 20.4. The van der Waals surface area contributed by atoms with Crippen LogP contribution in [0.4, 0.5) is 0 Å². The highest BCUT2D eigenvalue weighted by Gasteiger charge is 2.38. The van der Waals surface area contributed by atoms with E-state index in [9.17, 15) is 0 Å². The molecule has 0 unspecified atom stereocenters. The maximum atomic E-state index is 6.86. The average Bonchev–Trinajstić information content (AvgIpc) is 3.63. The first-order valence-electron chi connectivity index (χ1n) is 16.6. The van der Waals surface area contributed by atoms with Crippen LogP contribution < -0.4 is 5.09 Å². The van der Waals surface area contributed by atoms with Crippen LogP contribution in [0.15, 0.2) is 97.1 Å². The van der Waals surface area contributed by atoms with Gasteiger partial charge >= 0.3 is 0 Å². The van der Waals surface area contributed by atoms with E-state index in [2.05, 4.69) is 137 Å². The summed E-state index contributed by atoms with van der Waals surface area (Å²) in [6.45, 7) is 12.1. The average molecular weight is 642 g/mol. The summed E-state index contributed by atoms with van der Waals surface area (Å²) in [5.74, 6) is 0. The summed E-state index contributed by atoms with van der Waals surface area (Å²) in [4.78, 5) is 0. The van der Waals surface area contributed by atoms with Gasteiger partial charge in [-0.3, -0.25) is 5.09 Å². The number of aryl methyl sites for hydroxylation is 4. The lowest BCUT2D eigenvalue weighted by atomic mass is 10.0. The summed E-state index contributed by atoms with van der Waals surface area (Å²) in [5, 5.41) is 3.97. The summed E-state index contributed by atoms with van der Waals surface area (Å²) in [5.41, 5.74) is 13.8. The molecule has 4 atom stereocenters. The predicted octanol–water partition coefficient (Wildman–Crippen LogP) is 13.2. The van der Waals surface area contributed by atoms with Crippen LogP contribution in [0.5, 0.6) is 0 Å². The molecule has 0 aromatic heterocycles. The molecule has 0 saturated carbocycles. The van der Waals surface area contributed by atoms with E-state index in [0.29, 0.717) is 22.6 Å². The van der Waals surface area contributed by atoms with E-state index in [1.54, 1.807) is 0 Å². The van der Waals surface area contributed by atoms with Gasteiger partial charge < -0.3 is 0 Å². The summed E-state index contributed by atoms with van der Waals surface area (Å²) >= 11 is 6.86. The maximum Gasteiger partial charge on any atom is 0.0186 e. The van der Waals surface area contributed by atoms with Crippen molar-refractivity contribution >= 4 is 26.6 Å². The Hall–Kier alpha value is -2.01. The van der Waals surface area contributed by atoms with Crippen molar-refractivity contribution < 1.29 is 0 Å². The molecule has 4 aromatic carbocycles. The fourth-order valence-electron chi connectivity index (χ4n) is 6.62. The molecule has 4 aromatic rings. The normalized spacial score (nSPS) is 22.1. The molecule has 4 heteroatoms. The molecule has 2 aliphatic rings. The van der Waals surface area contributed by atoms with Crippen LogP contribution in [0.1, 0.15) is 113 Å². The maximum absolute atomic E-state index is 6.86. The van der Waals surface area contributed by atoms with E-state index in [-0.39, 0.29) is 8.07 Å². The Balaban J connectivity index is 0.000000177. The zero-order valence-electron chi connectivity index (χ0n) is 27.3. The van der Waals surface area contributed by atoms with Crippen molar-refractivity contribution in [3.8, 4) is 0 Å². The first-order chi connectivity index (χ1) is 21.3. The van der Waals surface area contributed by atoms with Crippen molar-refractivity contribution in [1.82, 2.24) is 5.09 Å². The van der Waals surface area contributed by atoms with Gasteiger partial charge in [0, 0.05) is 29.9 Å². The van der Waals surface area contributed by atoms with Gasteiger partial charge in [0.15, 0.2) is 0 Å². The third kappa shape index (κ3) is 8.42. The molecule has 1 N–H and O–H groups in total. The van der Waals surface area contributed by atoms with Crippen LogP contribution in [0, 0.1) is 27.7 Å². The molecule has 0 aliphatic carbocycles. The van der Waals surface area contributed by atoms with E-state index in [1.165, 1.54) is 83.0 Å². The molecular weight excluding hydrogens is 592 g/mol. The Labute approximate surface area is 274 Å². The fraction of sp³-hybridized carbons (Fsp3) is 0.400. The number of halogens is 1. The smallest absolute Gasteiger partial charge is 0.0186 e. The minimum atomic E-state index is -0.491. The Bertz CT molecular complexity index is 1330. The number of unbranched alkanes of at least 4 members (excludes halogenated alkanes) is 1. The minimum Gasteiger partial charge on any atom is -0.295 e. The lowest BCUT2D eigenvalue weighted by Gasteiger charge is -2.27. The van der Waals surface area contributed by atoms with Gasteiger partial charge in [0.05, 0.1) is 0 Å². The molecule has 2 heterocycles. The lowest BCUT2D eigenvalue weighted by Crippen LogP contribution is -2.13. The molecule has 6 rings (SSSR count). The summed E-state index contributed by atoms with van der Waals surface area (Å²) in [6, 6.07) is 36.4. The van der Waals surface area contributed by atoms with Gasteiger partial charge in [-0.15, -0.1) is 0 Å². The van der Waals surface area contributed by atoms with Crippen LogP contribution in [-0.4, -0.2) is 6.54 Å². The molecular formula is C40H50ClNP2. The molecule has 44 heavy (non-hydrogen) atoms. The molecule has 1 nitrogen and oxygen atoms in total. The van der Waals surface area contributed by atoms with Gasteiger partial charge in [0.1, 0.15) is 0 Å². The Morgan fingerprint density at radius 3 is 1.14 bits per heavy atom. The van der Waals surface area contributed by atoms with Crippen LogP contribution in [0.25, 0.3) is 0 Å². The van der Waals surface area contributed by atoms with Gasteiger partial charge in [0.25, 0.3) is 0 Å². The van der Waals surface area contributed by atoms with Crippen molar-refractivity contribution in [3.63, 3.8) is 0 Å². The summed E-state index contributed by atoms with van der Waals surface area (Å²) < 4.78 is 0. The van der Waals surface area contributed by atoms with E-state index in [4.69, 9.17) is 11.2 Å². The van der Waals surface area contributed by atoms with E-state index >= 15 is 0 Å². The monoisotopic (exact) mass is 641 g/mol. The molecule has 0 amide bonds. The van der Waals surface area contributed by atoms with Crippen LogP contribution in [0.2, 0.25) is 0 Å². The first kappa shape index (κ1) is 33.4. The Kier molecular flexibility index (Phi) is 12.1. The lowest BCUT2D eigenvalue weighted by molar-refractivity contribution is 0.764. The third-order valence-electron chi connectivity index (χ3n) is 9.37. The topological polar surface area (TPSA) is 12.0 Å². The minimum absolute atomic E-state index is 0.205. The van der Waals surface area contributed by atoms with E-state index in [1.807, 2.05) is 0 Å². The second-order valence-corrected chi connectivity index (χ2v) is 18.4. The van der Waals surface area contributed by atoms with Gasteiger partial charge in [-0.05, 0) is 96.7 Å². The number of benzene rings is 4. The van der Waals surface area contributed by atoms with Crippen LogP contribution >= 0.6 is 26.6 Å². The molecule has 0 bridgehead atoms. The number of hydrogen-bond acceptors (Lipinski definition) is 1. The van der Waals surface area contributed by atoms with Gasteiger partial charge in [-0.1, -0.05) is 144 Å². The molecule has 232 valence electrons. The molecule has 2 aliphatic heterocycles. The fourth-order valence-corrected chi connectivity index (χ4v) is 13.2. The highest BCUT2D eigenvalue weighted by Crippen LogP contribution is 2.73. The van der Waals surface area contributed by atoms with Crippen LogP contribution in [0.3, 0.4) is 0 Å². The number of hydrogen-bond donors (Lipinski definition) is 1. The van der Waals surface area contributed by atoms with Gasteiger partial charge in [-0.25, -0.2) is 0 Å². The Morgan fingerprint density at radius 2 is 0.818 bits per heavy atom. The second kappa shape index (κ2) is 16.0. The predicted molar refractivity (Wildman–Crippen MR) is 197 cm³/mol. The highest BCUT2D eigenvalue weighted by molar-refractivity contribution is 7.84. The molecule has 2 saturated heterocycles. The standard InChI is InChI=1S/C22H30NP.C18H20ClP/c1-4-5-16-23-24-21(19-10-6-17(2)7-11-19)14-15-22(24)20-12-8-18(3)9-13-20;1-13-3-7-15(8-4-13)17-11-12-18(20(17)19)16-9-5-14(2)6-10-16/h6-13,21-23H,4-5,14-16H2,1-3H3;3-10,17-18H,11-12H2,1-2H3/t21-,22-;17-,18-/m00/s1. The van der Waals surface area contributed by atoms with Crippen molar-refractivity contribution in [1.29, 1.82) is 0 Å². The zero-order chi connectivity index (χ0) is 31.1. The summed E-state index contributed by atoms with van der Waals surface area (Å²) in [6.07, 6.45) is 7.60. The van der Waals surface area contributed by atoms with E-state index in [0.717, 1.165) is 6.54 Å². The van der Waals surface area contributed by atoms with Crippen molar-refractivity contribution in [2.45, 2.75) is 95.8 Å². The molecule has 0 spiro atoms.